The zero-order valence-corrected chi connectivity index (χ0v) is 14.9. The molecule has 0 aliphatic carbocycles. The summed E-state index contributed by atoms with van der Waals surface area (Å²) >= 11 is 0. The molecule has 0 spiro atoms. The molecule has 0 aliphatic rings. The smallest absolute Gasteiger partial charge is 0.330 e. The molecule has 0 radical (unpaired) electrons. The van der Waals surface area contributed by atoms with Crippen molar-refractivity contribution in [3.8, 4) is 0 Å². The van der Waals surface area contributed by atoms with E-state index in [1.54, 1.807) is 26.0 Å². The standard InChI is InChI=1S/C17H18N6O4/c1-10-11(2)20-9-22(15(10)25)8-13(24)18-6-7-23-16(26)12-4-3-5-19-14(12)21-17(23)27/h3-5,9H,6-8H2,1-2H3,(H,18,24)(H,19,21,27). The van der Waals surface area contributed by atoms with Crippen LogP contribution in [-0.4, -0.2) is 36.5 Å². The third kappa shape index (κ3) is 3.68. The van der Waals surface area contributed by atoms with E-state index in [1.807, 2.05) is 0 Å². The Kier molecular flexibility index (Phi) is 4.97. The van der Waals surface area contributed by atoms with Crippen LogP contribution in [0, 0.1) is 13.8 Å². The maximum Gasteiger partial charge on any atom is 0.330 e. The van der Waals surface area contributed by atoms with Gasteiger partial charge in [-0.2, -0.15) is 0 Å². The van der Waals surface area contributed by atoms with Crippen LogP contribution in [0.2, 0.25) is 0 Å². The van der Waals surface area contributed by atoms with Crippen molar-refractivity contribution in [1.29, 1.82) is 0 Å². The van der Waals surface area contributed by atoms with Gasteiger partial charge in [-0.15, -0.1) is 0 Å². The van der Waals surface area contributed by atoms with Crippen molar-refractivity contribution in [2.45, 2.75) is 26.9 Å². The molecule has 3 rings (SSSR count). The zero-order chi connectivity index (χ0) is 19.6. The second kappa shape index (κ2) is 7.36. The Morgan fingerprint density at radius 3 is 2.74 bits per heavy atom. The first-order chi connectivity index (χ1) is 12.9. The molecule has 0 unspecified atom stereocenters. The molecule has 0 aliphatic heterocycles. The van der Waals surface area contributed by atoms with Crippen molar-refractivity contribution in [2.75, 3.05) is 6.54 Å². The molecule has 3 aromatic rings. The molecule has 3 aromatic heterocycles. The van der Waals surface area contributed by atoms with Crippen LogP contribution in [0.3, 0.4) is 0 Å². The molecule has 10 heteroatoms. The predicted octanol–water partition coefficient (Wildman–Crippen LogP) is -0.925. The molecule has 2 N–H and O–H groups in total. The van der Waals surface area contributed by atoms with E-state index in [0.717, 1.165) is 4.57 Å². The van der Waals surface area contributed by atoms with E-state index in [-0.39, 0.29) is 36.2 Å². The van der Waals surface area contributed by atoms with Gasteiger partial charge < -0.3 is 5.32 Å². The molecule has 10 nitrogen and oxygen atoms in total. The van der Waals surface area contributed by atoms with Gasteiger partial charge in [0, 0.05) is 30.5 Å². The number of aromatic nitrogens is 5. The molecular formula is C17H18N6O4. The predicted molar refractivity (Wildman–Crippen MR) is 97.6 cm³/mol. The van der Waals surface area contributed by atoms with Crippen molar-refractivity contribution in [3.63, 3.8) is 0 Å². The van der Waals surface area contributed by atoms with Crippen molar-refractivity contribution >= 4 is 16.9 Å². The van der Waals surface area contributed by atoms with E-state index in [1.165, 1.54) is 17.1 Å². The number of H-pyrrole nitrogens is 1. The van der Waals surface area contributed by atoms with Gasteiger partial charge in [-0.05, 0) is 26.0 Å². The Labute approximate surface area is 152 Å². The number of aryl methyl sites for hydroxylation is 1. The van der Waals surface area contributed by atoms with Crippen LogP contribution in [-0.2, 0) is 17.9 Å². The highest BCUT2D eigenvalue weighted by Crippen LogP contribution is 1.98. The molecule has 3 heterocycles. The molecule has 0 saturated carbocycles. The van der Waals surface area contributed by atoms with Crippen molar-refractivity contribution in [2.24, 2.45) is 0 Å². The van der Waals surface area contributed by atoms with E-state index in [0.29, 0.717) is 11.3 Å². The zero-order valence-electron chi connectivity index (χ0n) is 14.9. The number of hydrogen-bond acceptors (Lipinski definition) is 6. The second-order valence-electron chi connectivity index (χ2n) is 6.02. The summed E-state index contributed by atoms with van der Waals surface area (Å²) < 4.78 is 2.20. The minimum atomic E-state index is -0.602. The van der Waals surface area contributed by atoms with E-state index < -0.39 is 17.2 Å². The Balaban J connectivity index is 1.68. The average Bonchev–Trinajstić information content (AvgIpc) is 2.65. The van der Waals surface area contributed by atoms with Gasteiger partial charge in [-0.25, -0.2) is 14.8 Å². The summed E-state index contributed by atoms with van der Waals surface area (Å²) in [6.45, 7) is 3.22. The fourth-order valence-electron chi connectivity index (χ4n) is 2.59. The highest BCUT2D eigenvalue weighted by atomic mass is 16.2. The maximum absolute atomic E-state index is 12.4. The summed E-state index contributed by atoms with van der Waals surface area (Å²) in [4.78, 5) is 59.1. The van der Waals surface area contributed by atoms with Crippen LogP contribution in [0.4, 0.5) is 0 Å². The molecule has 0 aromatic carbocycles. The van der Waals surface area contributed by atoms with Crippen LogP contribution >= 0.6 is 0 Å². The molecule has 140 valence electrons. The lowest BCUT2D eigenvalue weighted by Crippen LogP contribution is -2.40. The van der Waals surface area contributed by atoms with E-state index >= 15 is 0 Å². The fraction of sp³-hybridized carbons (Fsp3) is 0.294. The third-order valence-corrected chi connectivity index (χ3v) is 4.24. The van der Waals surface area contributed by atoms with Crippen molar-refractivity contribution < 1.29 is 4.79 Å². The number of nitrogens with one attached hydrogen (secondary N) is 2. The summed E-state index contributed by atoms with van der Waals surface area (Å²) in [6, 6.07) is 3.17. The maximum atomic E-state index is 12.4. The van der Waals surface area contributed by atoms with Gasteiger partial charge in [-0.1, -0.05) is 0 Å². The molecule has 0 atom stereocenters. The van der Waals surface area contributed by atoms with Crippen molar-refractivity contribution in [3.05, 3.63) is 67.1 Å². The third-order valence-electron chi connectivity index (χ3n) is 4.24. The Morgan fingerprint density at radius 2 is 1.96 bits per heavy atom. The van der Waals surface area contributed by atoms with Crippen LogP contribution in [0.15, 0.2) is 39.0 Å². The lowest BCUT2D eigenvalue weighted by Gasteiger charge is -2.09. The molecule has 0 saturated heterocycles. The minimum absolute atomic E-state index is 0.00911. The van der Waals surface area contributed by atoms with Crippen LogP contribution < -0.4 is 22.1 Å². The van der Waals surface area contributed by atoms with Crippen molar-refractivity contribution in [1.82, 2.24) is 29.4 Å². The Morgan fingerprint density at radius 1 is 1.19 bits per heavy atom. The van der Waals surface area contributed by atoms with E-state index in [4.69, 9.17) is 0 Å². The first kappa shape index (κ1) is 18.2. The highest BCUT2D eigenvalue weighted by molar-refractivity contribution is 5.75. The van der Waals surface area contributed by atoms with Gasteiger partial charge in [0.25, 0.3) is 11.1 Å². The first-order valence-electron chi connectivity index (χ1n) is 8.25. The van der Waals surface area contributed by atoms with Gasteiger partial charge in [-0.3, -0.25) is 28.5 Å². The first-order valence-corrected chi connectivity index (χ1v) is 8.25. The normalized spacial score (nSPS) is 10.9. The highest BCUT2D eigenvalue weighted by Gasteiger charge is 2.10. The van der Waals surface area contributed by atoms with Gasteiger partial charge in [0.1, 0.15) is 12.2 Å². The monoisotopic (exact) mass is 370 g/mol. The van der Waals surface area contributed by atoms with Gasteiger partial charge >= 0.3 is 5.69 Å². The SMILES string of the molecule is Cc1ncn(CC(=O)NCCn2c(=O)[nH]c3ncccc3c2=O)c(=O)c1C. The summed E-state index contributed by atoms with van der Waals surface area (Å²) in [5, 5.41) is 2.88. The summed E-state index contributed by atoms with van der Waals surface area (Å²) in [7, 11) is 0. The molecule has 0 fully saturated rings. The van der Waals surface area contributed by atoms with Crippen LogP contribution in [0.5, 0.6) is 0 Å². The van der Waals surface area contributed by atoms with Crippen LogP contribution in [0.1, 0.15) is 11.3 Å². The van der Waals surface area contributed by atoms with Crippen LogP contribution in [0.25, 0.3) is 11.0 Å². The lowest BCUT2D eigenvalue weighted by atomic mass is 10.3. The number of hydrogen-bond donors (Lipinski definition) is 2. The van der Waals surface area contributed by atoms with Gasteiger partial charge in [0.05, 0.1) is 11.7 Å². The number of fused-ring (bicyclic) bond motifs is 1. The molecule has 0 bridgehead atoms. The van der Waals surface area contributed by atoms with E-state index in [2.05, 4.69) is 20.3 Å². The molecule has 27 heavy (non-hydrogen) atoms. The summed E-state index contributed by atoms with van der Waals surface area (Å²) in [5.74, 6) is -0.422. The average molecular weight is 370 g/mol. The largest absolute Gasteiger partial charge is 0.353 e. The number of amides is 1. The number of rotatable bonds is 5. The summed E-state index contributed by atoms with van der Waals surface area (Å²) in [6.07, 6.45) is 2.79. The minimum Gasteiger partial charge on any atom is -0.353 e. The number of nitrogens with zero attached hydrogens (tertiary/aromatic N) is 4. The number of carbonyl (C=O) groups excluding carboxylic acids is 1. The molecular weight excluding hydrogens is 352 g/mol. The second-order valence-corrected chi connectivity index (χ2v) is 6.02. The Hall–Kier alpha value is -3.56. The quantitative estimate of drug-likeness (QED) is 0.597. The van der Waals surface area contributed by atoms with E-state index in [9.17, 15) is 19.2 Å². The topological polar surface area (TPSA) is 132 Å². The summed E-state index contributed by atoms with van der Waals surface area (Å²) in [5.41, 5.74) is -0.0586. The number of pyridine rings is 1. The molecule has 1 amide bonds. The fourth-order valence-corrected chi connectivity index (χ4v) is 2.59. The van der Waals surface area contributed by atoms with Gasteiger partial charge in [0.2, 0.25) is 5.91 Å². The Bertz CT molecular complexity index is 1190. The number of aromatic amines is 1. The lowest BCUT2D eigenvalue weighted by molar-refractivity contribution is -0.121. The number of carbonyl (C=O) groups is 1. The van der Waals surface area contributed by atoms with Gasteiger partial charge in [0.15, 0.2) is 0 Å².